The molecule has 2 rings (SSSR count). The number of amides is 1. The Morgan fingerprint density at radius 3 is 2.53 bits per heavy atom. The number of nitrogens with two attached hydrogens (primary N) is 1. The van der Waals surface area contributed by atoms with Gasteiger partial charge in [0.05, 0.1) is 6.10 Å². The van der Waals surface area contributed by atoms with Crippen molar-refractivity contribution in [2.75, 3.05) is 19.7 Å². The first-order valence-electron chi connectivity index (χ1n) is 6.52. The fourth-order valence-corrected chi connectivity index (χ4v) is 2.11. The van der Waals surface area contributed by atoms with Crippen LogP contribution >= 0.6 is 0 Å². The van der Waals surface area contributed by atoms with Crippen molar-refractivity contribution < 1.29 is 14.4 Å². The van der Waals surface area contributed by atoms with Crippen molar-refractivity contribution in [2.45, 2.75) is 25.9 Å². The molecular formula is C14H20N2O3. The average molecular weight is 264 g/mol. The maximum atomic E-state index is 12.0. The molecule has 0 bridgehead atoms. The van der Waals surface area contributed by atoms with Gasteiger partial charge < -0.3 is 14.5 Å². The molecule has 1 fully saturated rings. The molecule has 0 aliphatic carbocycles. The first kappa shape index (κ1) is 13.8. The van der Waals surface area contributed by atoms with Crippen LogP contribution in [-0.2, 0) is 9.63 Å². The van der Waals surface area contributed by atoms with E-state index in [-0.39, 0.29) is 18.6 Å². The number of likely N-dealkylation sites (tertiary alicyclic amines) is 1. The number of piperidine rings is 1. The number of benzene rings is 1. The van der Waals surface area contributed by atoms with Crippen LogP contribution < -0.4 is 10.6 Å². The minimum atomic E-state index is 0.0102. The van der Waals surface area contributed by atoms with Crippen molar-refractivity contribution in [1.29, 1.82) is 0 Å². The molecule has 5 heteroatoms. The Kier molecular flexibility index (Phi) is 4.76. The van der Waals surface area contributed by atoms with Crippen molar-refractivity contribution in [3.63, 3.8) is 0 Å². The Hall–Kier alpha value is -1.59. The smallest absolute Gasteiger partial charge is 0.260 e. The largest absolute Gasteiger partial charge is 0.484 e. The van der Waals surface area contributed by atoms with Gasteiger partial charge in [0.15, 0.2) is 6.61 Å². The second kappa shape index (κ2) is 6.54. The number of ether oxygens (including phenoxy) is 1. The van der Waals surface area contributed by atoms with Gasteiger partial charge in [-0.15, -0.1) is 0 Å². The number of carbonyl (C=O) groups is 1. The molecule has 5 nitrogen and oxygen atoms in total. The molecule has 0 atom stereocenters. The summed E-state index contributed by atoms with van der Waals surface area (Å²) in [5.41, 5.74) is 1.17. The number of carbonyl (C=O) groups excluding carboxylic acids is 1. The maximum absolute atomic E-state index is 12.0. The van der Waals surface area contributed by atoms with Gasteiger partial charge in [0, 0.05) is 13.1 Å². The summed E-state index contributed by atoms with van der Waals surface area (Å²) >= 11 is 0. The molecule has 1 aromatic rings. The van der Waals surface area contributed by atoms with Gasteiger partial charge in [-0.25, -0.2) is 5.90 Å². The predicted octanol–water partition coefficient (Wildman–Crippen LogP) is 1.26. The summed E-state index contributed by atoms with van der Waals surface area (Å²) in [6.07, 6.45) is 1.64. The molecule has 0 aromatic heterocycles. The molecule has 0 saturated carbocycles. The van der Waals surface area contributed by atoms with E-state index in [0.29, 0.717) is 13.1 Å². The third-order valence-corrected chi connectivity index (χ3v) is 3.37. The molecule has 1 aliphatic rings. The zero-order chi connectivity index (χ0) is 13.7. The molecule has 1 amide bonds. The van der Waals surface area contributed by atoms with E-state index in [9.17, 15) is 4.79 Å². The number of nitrogens with zero attached hydrogens (tertiary/aromatic N) is 1. The van der Waals surface area contributed by atoms with Gasteiger partial charge in [0.2, 0.25) is 0 Å². The summed E-state index contributed by atoms with van der Waals surface area (Å²) in [4.78, 5) is 18.5. The Labute approximate surface area is 113 Å². The summed E-state index contributed by atoms with van der Waals surface area (Å²) in [5, 5.41) is 0. The highest BCUT2D eigenvalue weighted by Crippen LogP contribution is 2.14. The van der Waals surface area contributed by atoms with Crippen molar-refractivity contribution >= 4 is 5.91 Å². The molecule has 19 heavy (non-hydrogen) atoms. The van der Waals surface area contributed by atoms with Crippen molar-refractivity contribution in [3.8, 4) is 5.75 Å². The van der Waals surface area contributed by atoms with E-state index in [0.717, 1.165) is 18.6 Å². The third kappa shape index (κ3) is 3.94. The van der Waals surface area contributed by atoms with Gasteiger partial charge in [-0.1, -0.05) is 17.7 Å². The zero-order valence-electron chi connectivity index (χ0n) is 11.2. The summed E-state index contributed by atoms with van der Waals surface area (Å²) in [6.45, 7) is 3.45. The first-order valence-corrected chi connectivity index (χ1v) is 6.52. The maximum Gasteiger partial charge on any atom is 0.260 e. The van der Waals surface area contributed by atoms with E-state index < -0.39 is 0 Å². The van der Waals surface area contributed by atoms with Crippen molar-refractivity contribution in [1.82, 2.24) is 4.90 Å². The number of hydrogen-bond acceptors (Lipinski definition) is 4. The zero-order valence-corrected chi connectivity index (χ0v) is 11.2. The molecule has 0 spiro atoms. The van der Waals surface area contributed by atoms with Crippen molar-refractivity contribution in [3.05, 3.63) is 29.8 Å². The highest BCUT2D eigenvalue weighted by molar-refractivity contribution is 5.77. The molecule has 1 aliphatic heterocycles. The molecule has 104 valence electrons. The molecule has 0 unspecified atom stereocenters. The molecule has 1 heterocycles. The molecule has 2 N–H and O–H groups in total. The lowest BCUT2D eigenvalue weighted by Gasteiger charge is -2.30. The van der Waals surface area contributed by atoms with Crippen LogP contribution in [0.1, 0.15) is 18.4 Å². The van der Waals surface area contributed by atoms with Crippen LogP contribution in [0.2, 0.25) is 0 Å². The Morgan fingerprint density at radius 1 is 1.32 bits per heavy atom. The highest BCUT2D eigenvalue weighted by atomic mass is 16.6. The van der Waals surface area contributed by atoms with Crippen LogP contribution in [0.4, 0.5) is 0 Å². The van der Waals surface area contributed by atoms with Gasteiger partial charge in [-0.3, -0.25) is 4.79 Å². The third-order valence-electron chi connectivity index (χ3n) is 3.37. The minimum Gasteiger partial charge on any atom is -0.484 e. The lowest BCUT2D eigenvalue weighted by atomic mass is 10.1. The second-order valence-electron chi connectivity index (χ2n) is 4.82. The van der Waals surface area contributed by atoms with E-state index in [1.54, 1.807) is 4.90 Å². The minimum absolute atomic E-state index is 0.0102. The van der Waals surface area contributed by atoms with Crippen molar-refractivity contribution in [2.24, 2.45) is 5.90 Å². The molecule has 1 aromatic carbocycles. The Balaban J connectivity index is 1.77. The van der Waals surface area contributed by atoms with Crippen LogP contribution in [0.25, 0.3) is 0 Å². The van der Waals surface area contributed by atoms with Gasteiger partial charge in [-0.05, 0) is 31.9 Å². The van der Waals surface area contributed by atoms with Crippen LogP contribution in [0, 0.1) is 6.92 Å². The summed E-state index contributed by atoms with van der Waals surface area (Å²) in [6, 6.07) is 7.67. The molecular weight excluding hydrogens is 244 g/mol. The summed E-state index contributed by atoms with van der Waals surface area (Å²) in [7, 11) is 0. The average Bonchev–Trinajstić information content (AvgIpc) is 2.46. The quantitative estimate of drug-likeness (QED) is 0.831. The normalized spacial score (nSPS) is 16.4. The van der Waals surface area contributed by atoms with Gasteiger partial charge in [0.25, 0.3) is 5.91 Å². The Bertz CT molecular complexity index is 411. The summed E-state index contributed by atoms with van der Waals surface area (Å²) < 4.78 is 5.48. The van der Waals surface area contributed by atoms with Gasteiger partial charge in [0.1, 0.15) is 5.75 Å². The number of rotatable bonds is 4. The number of hydrogen-bond donors (Lipinski definition) is 1. The lowest BCUT2D eigenvalue weighted by molar-refractivity contribution is -0.136. The van der Waals surface area contributed by atoms with Crippen LogP contribution in [0.15, 0.2) is 24.3 Å². The molecule has 1 saturated heterocycles. The molecule has 0 radical (unpaired) electrons. The predicted molar refractivity (Wildman–Crippen MR) is 71.5 cm³/mol. The SMILES string of the molecule is Cc1ccc(OCC(=O)N2CCC(ON)CC2)cc1. The number of aryl methyl sites for hydroxylation is 1. The Morgan fingerprint density at radius 2 is 1.95 bits per heavy atom. The van der Waals surface area contributed by atoms with Gasteiger partial charge in [-0.2, -0.15) is 0 Å². The van der Waals surface area contributed by atoms with Crippen LogP contribution in [-0.4, -0.2) is 36.6 Å². The van der Waals surface area contributed by atoms with Crippen LogP contribution in [0.3, 0.4) is 0 Å². The van der Waals surface area contributed by atoms with E-state index in [4.69, 9.17) is 15.5 Å². The standard InChI is InChI=1S/C14H20N2O3/c1-11-2-4-12(5-3-11)18-10-14(17)16-8-6-13(19-15)7-9-16/h2-5,13H,6-10,15H2,1H3. The van der Waals surface area contributed by atoms with E-state index in [1.165, 1.54) is 5.56 Å². The highest BCUT2D eigenvalue weighted by Gasteiger charge is 2.22. The van der Waals surface area contributed by atoms with Gasteiger partial charge >= 0.3 is 0 Å². The van der Waals surface area contributed by atoms with E-state index in [2.05, 4.69) is 0 Å². The van der Waals surface area contributed by atoms with E-state index >= 15 is 0 Å². The summed E-state index contributed by atoms with van der Waals surface area (Å²) in [5.74, 6) is 5.88. The fourth-order valence-electron chi connectivity index (χ4n) is 2.11. The first-order chi connectivity index (χ1) is 9.19. The fraction of sp³-hybridized carbons (Fsp3) is 0.500. The second-order valence-corrected chi connectivity index (χ2v) is 4.82. The lowest BCUT2D eigenvalue weighted by Crippen LogP contribution is -2.43. The topological polar surface area (TPSA) is 64.8 Å². The monoisotopic (exact) mass is 264 g/mol. The van der Waals surface area contributed by atoms with E-state index in [1.807, 2.05) is 31.2 Å². The van der Waals surface area contributed by atoms with Crippen LogP contribution in [0.5, 0.6) is 5.75 Å².